The minimum Gasteiger partial charge on any atom is -0.325 e. The second-order valence-corrected chi connectivity index (χ2v) is 5.96. The van der Waals surface area contributed by atoms with Gasteiger partial charge in [-0.1, -0.05) is 36.4 Å². The zero-order valence-corrected chi connectivity index (χ0v) is 13.7. The summed E-state index contributed by atoms with van der Waals surface area (Å²) in [6.07, 6.45) is 0.693. The topological polar surface area (TPSA) is 74.8 Å². The minimum atomic E-state index is -0.145. The second kappa shape index (κ2) is 7.26. The lowest BCUT2D eigenvalue weighted by atomic mass is 10.2. The van der Waals surface area contributed by atoms with Gasteiger partial charge < -0.3 is 10.3 Å². The Balaban J connectivity index is 1.98. The van der Waals surface area contributed by atoms with Gasteiger partial charge in [0.05, 0.1) is 11.4 Å². The van der Waals surface area contributed by atoms with Crippen LogP contribution in [0.1, 0.15) is 23.7 Å². The van der Waals surface area contributed by atoms with Crippen molar-refractivity contribution in [2.45, 2.75) is 32.3 Å². The van der Waals surface area contributed by atoms with Crippen molar-refractivity contribution in [1.82, 2.24) is 9.97 Å². The lowest BCUT2D eigenvalue weighted by Crippen LogP contribution is -2.18. The van der Waals surface area contributed by atoms with E-state index in [1.807, 2.05) is 38.1 Å². The van der Waals surface area contributed by atoms with Crippen LogP contribution in [0.4, 0.5) is 5.69 Å². The molecule has 2 aromatic rings. The van der Waals surface area contributed by atoms with E-state index in [0.717, 1.165) is 16.9 Å². The number of aromatic amines is 1. The van der Waals surface area contributed by atoms with Crippen LogP contribution in [0.3, 0.4) is 0 Å². The first-order valence-electron chi connectivity index (χ1n) is 7.08. The van der Waals surface area contributed by atoms with Gasteiger partial charge in [0.25, 0.3) is 5.56 Å². The molecule has 2 N–H and O–H groups in total. The van der Waals surface area contributed by atoms with Crippen molar-refractivity contribution in [3.05, 3.63) is 51.4 Å². The molecule has 6 heteroatoms. The van der Waals surface area contributed by atoms with Crippen LogP contribution in [0.25, 0.3) is 0 Å². The Kier molecular flexibility index (Phi) is 5.38. The first kappa shape index (κ1) is 16.3. The van der Waals surface area contributed by atoms with Gasteiger partial charge in [0.15, 0.2) is 5.16 Å². The summed E-state index contributed by atoms with van der Waals surface area (Å²) in [5.74, 6) is 0.0679. The van der Waals surface area contributed by atoms with Crippen LogP contribution in [0.15, 0.2) is 34.2 Å². The van der Waals surface area contributed by atoms with Crippen molar-refractivity contribution in [2.75, 3.05) is 11.1 Å². The number of aromatic nitrogens is 2. The van der Waals surface area contributed by atoms with Crippen LogP contribution in [0.5, 0.6) is 0 Å². The molecule has 0 saturated carbocycles. The molecule has 0 aliphatic carbocycles. The number of carbonyl (C=O) groups is 1. The summed E-state index contributed by atoms with van der Waals surface area (Å²) >= 11 is 1.22. The van der Waals surface area contributed by atoms with Crippen LogP contribution in [0.2, 0.25) is 0 Å². The van der Waals surface area contributed by atoms with E-state index in [1.54, 1.807) is 6.92 Å². The summed E-state index contributed by atoms with van der Waals surface area (Å²) in [5.41, 5.74) is 3.16. The van der Waals surface area contributed by atoms with Gasteiger partial charge in [-0.15, -0.1) is 0 Å². The second-order valence-electron chi connectivity index (χ2n) is 5.00. The van der Waals surface area contributed by atoms with Crippen molar-refractivity contribution in [3.63, 3.8) is 0 Å². The molecule has 0 fully saturated rings. The summed E-state index contributed by atoms with van der Waals surface area (Å²) in [4.78, 5) is 30.8. The number of amides is 1. The van der Waals surface area contributed by atoms with Gasteiger partial charge in [0, 0.05) is 11.3 Å². The molecule has 0 radical (unpaired) electrons. The van der Waals surface area contributed by atoms with Crippen molar-refractivity contribution in [1.29, 1.82) is 0 Å². The number of H-pyrrole nitrogens is 1. The van der Waals surface area contributed by atoms with Crippen LogP contribution in [0, 0.1) is 13.8 Å². The zero-order valence-electron chi connectivity index (χ0n) is 12.9. The third-order valence-electron chi connectivity index (χ3n) is 3.24. The molecular formula is C16H19N3O2S. The number of hydrogen-bond acceptors (Lipinski definition) is 4. The fraction of sp³-hybridized carbons (Fsp3) is 0.312. The van der Waals surface area contributed by atoms with E-state index in [-0.39, 0.29) is 17.2 Å². The Morgan fingerprint density at radius 2 is 1.95 bits per heavy atom. The highest BCUT2D eigenvalue weighted by atomic mass is 32.2. The lowest BCUT2D eigenvalue weighted by molar-refractivity contribution is -0.113. The van der Waals surface area contributed by atoms with Crippen LogP contribution < -0.4 is 10.9 Å². The Morgan fingerprint density at radius 1 is 1.27 bits per heavy atom. The highest BCUT2D eigenvalue weighted by Crippen LogP contribution is 2.14. The number of rotatable bonds is 5. The molecule has 1 aromatic carbocycles. The predicted molar refractivity (Wildman–Crippen MR) is 89.5 cm³/mol. The summed E-state index contributed by atoms with van der Waals surface area (Å²) < 4.78 is 0. The smallest absolute Gasteiger partial charge is 0.254 e. The van der Waals surface area contributed by atoms with Crippen molar-refractivity contribution < 1.29 is 4.79 Å². The summed E-state index contributed by atoms with van der Waals surface area (Å²) in [6.45, 7) is 5.70. The quantitative estimate of drug-likeness (QED) is 0.657. The molecule has 0 aliphatic heterocycles. The fourth-order valence-corrected chi connectivity index (χ4v) is 2.62. The summed E-state index contributed by atoms with van der Waals surface area (Å²) in [6, 6.07) is 7.60. The zero-order chi connectivity index (χ0) is 16.1. The molecule has 1 heterocycles. The first-order valence-corrected chi connectivity index (χ1v) is 8.07. The predicted octanol–water partition coefficient (Wildman–Crippen LogP) is 2.68. The van der Waals surface area contributed by atoms with Gasteiger partial charge in [0.1, 0.15) is 0 Å². The number of thioether (sulfide) groups is 1. The monoisotopic (exact) mass is 317 g/mol. The average molecular weight is 317 g/mol. The summed E-state index contributed by atoms with van der Waals surface area (Å²) in [5, 5.41) is 3.29. The fourth-order valence-electron chi connectivity index (χ4n) is 1.94. The average Bonchev–Trinajstić information content (AvgIpc) is 2.50. The third-order valence-corrected chi connectivity index (χ3v) is 4.11. The highest BCUT2D eigenvalue weighted by molar-refractivity contribution is 7.99. The van der Waals surface area contributed by atoms with E-state index in [9.17, 15) is 9.59 Å². The van der Waals surface area contributed by atoms with E-state index in [0.29, 0.717) is 17.1 Å². The van der Waals surface area contributed by atoms with E-state index in [2.05, 4.69) is 15.3 Å². The summed E-state index contributed by atoms with van der Waals surface area (Å²) in [7, 11) is 0. The molecule has 0 unspecified atom stereocenters. The molecule has 0 saturated heterocycles. The Hall–Kier alpha value is -2.08. The maximum absolute atomic E-state index is 11.9. The van der Waals surface area contributed by atoms with E-state index in [1.165, 1.54) is 11.8 Å². The largest absolute Gasteiger partial charge is 0.325 e. The van der Waals surface area contributed by atoms with Gasteiger partial charge in [-0.2, -0.15) is 0 Å². The number of nitrogens with zero attached hydrogens (tertiary/aromatic N) is 1. The normalized spacial score (nSPS) is 10.5. The van der Waals surface area contributed by atoms with E-state index in [4.69, 9.17) is 0 Å². The van der Waals surface area contributed by atoms with Gasteiger partial charge in [-0.3, -0.25) is 9.59 Å². The number of carbonyl (C=O) groups excluding carboxylic acids is 1. The van der Waals surface area contributed by atoms with E-state index < -0.39 is 0 Å². The molecule has 0 bridgehead atoms. The molecule has 0 aliphatic rings. The molecule has 5 nitrogen and oxygen atoms in total. The molecule has 116 valence electrons. The minimum absolute atomic E-state index is 0.130. The third kappa shape index (κ3) is 4.21. The Bertz CT molecular complexity index is 723. The van der Waals surface area contributed by atoms with Crippen LogP contribution >= 0.6 is 11.8 Å². The maximum atomic E-state index is 11.9. The number of hydrogen-bond donors (Lipinski definition) is 2. The molecule has 1 amide bonds. The number of benzene rings is 1. The van der Waals surface area contributed by atoms with Gasteiger partial charge >= 0.3 is 0 Å². The van der Waals surface area contributed by atoms with Gasteiger partial charge in [0.2, 0.25) is 5.91 Å². The SMILES string of the molecule is CCc1nc(SCC(=O)Nc2ccc(C)cc2)[nH]c(=O)c1C. The number of nitrogens with one attached hydrogen (secondary N) is 2. The van der Waals surface area contributed by atoms with Crippen LogP contribution in [-0.4, -0.2) is 21.6 Å². The Labute approximate surface area is 133 Å². The number of aryl methyl sites for hydroxylation is 2. The lowest BCUT2D eigenvalue weighted by Gasteiger charge is -2.07. The van der Waals surface area contributed by atoms with Crippen molar-refractivity contribution in [2.24, 2.45) is 0 Å². The van der Waals surface area contributed by atoms with Gasteiger partial charge in [-0.25, -0.2) is 4.98 Å². The van der Waals surface area contributed by atoms with Crippen molar-refractivity contribution >= 4 is 23.4 Å². The Morgan fingerprint density at radius 3 is 2.59 bits per heavy atom. The molecule has 0 spiro atoms. The van der Waals surface area contributed by atoms with E-state index >= 15 is 0 Å². The molecule has 22 heavy (non-hydrogen) atoms. The van der Waals surface area contributed by atoms with Gasteiger partial charge in [-0.05, 0) is 32.4 Å². The van der Waals surface area contributed by atoms with Crippen molar-refractivity contribution in [3.8, 4) is 0 Å². The molecule has 1 aromatic heterocycles. The number of anilines is 1. The molecule has 0 atom stereocenters. The standard InChI is InChI=1S/C16H19N3O2S/c1-4-13-11(3)15(21)19-16(18-13)22-9-14(20)17-12-7-5-10(2)6-8-12/h5-8H,4,9H2,1-3H3,(H,17,20)(H,18,19,21). The highest BCUT2D eigenvalue weighted by Gasteiger charge is 2.09. The molecule has 2 rings (SSSR count). The van der Waals surface area contributed by atoms with Crippen LogP contribution in [-0.2, 0) is 11.2 Å². The molecular weight excluding hydrogens is 298 g/mol. The maximum Gasteiger partial charge on any atom is 0.254 e. The first-order chi connectivity index (χ1) is 10.5.